The minimum absolute atomic E-state index is 0.0247. The fourth-order valence-electron chi connectivity index (χ4n) is 2.19. The Labute approximate surface area is 124 Å². The summed E-state index contributed by atoms with van der Waals surface area (Å²) in [6.07, 6.45) is 1.69. The number of anilines is 1. The molecule has 0 saturated carbocycles. The average Bonchev–Trinajstić information content (AvgIpc) is 2.84. The minimum Gasteiger partial charge on any atom is -0.382 e. The van der Waals surface area contributed by atoms with Crippen LogP contribution >= 0.6 is 0 Å². The number of nitrogen functional groups attached to an aromatic ring is 1. The fourth-order valence-corrected chi connectivity index (χ4v) is 2.19. The van der Waals surface area contributed by atoms with Crippen molar-refractivity contribution >= 4 is 17.6 Å². The number of aromatic nitrogens is 2. The number of piperazine rings is 1. The van der Waals surface area contributed by atoms with Crippen molar-refractivity contribution in [1.82, 2.24) is 24.5 Å². The number of carbonyl (C=O) groups is 2. The number of hydrogen-bond donors (Lipinski definition) is 1. The highest BCUT2D eigenvalue weighted by atomic mass is 16.2. The van der Waals surface area contributed by atoms with Crippen LogP contribution in [0, 0.1) is 0 Å². The third kappa shape index (κ3) is 4.19. The standard InChI is InChI=1S/C13H22N6O2/c1-16(2)12(20)9-17-5-7-18(8-6-17)13(21)10-19-4-3-11(14)15-19/h3-4H,5-10H2,1-2H3,(H2,14,15). The summed E-state index contributed by atoms with van der Waals surface area (Å²) in [5, 5.41) is 4.01. The Balaban J connectivity index is 1.78. The second-order valence-electron chi connectivity index (χ2n) is 5.38. The molecular weight excluding hydrogens is 272 g/mol. The largest absolute Gasteiger partial charge is 0.382 e. The third-order valence-corrected chi connectivity index (χ3v) is 3.54. The summed E-state index contributed by atoms with van der Waals surface area (Å²) in [6, 6.07) is 1.66. The predicted molar refractivity (Wildman–Crippen MR) is 78.4 cm³/mol. The lowest BCUT2D eigenvalue weighted by atomic mass is 10.3. The van der Waals surface area contributed by atoms with Crippen LogP contribution in [0.5, 0.6) is 0 Å². The van der Waals surface area contributed by atoms with Crippen molar-refractivity contribution in [2.45, 2.75) is 6.54 Å². The number of amides is 2. The van der Waals surface area contributed by atoms with Crippen LogP contribution in [0.3, 0.4) is 0 Å². The van der Waals surface area contributed by atoms with E-state index >= 15 is 0 Å². The lowest BCUT2D eigenvalue weighted by Gasteiger charge is -2.34. The lowest BCUT2D eigenvalue weighted by Crippen LogP contribution is -2.51. The summed E-state index contributed by atoms with van der Waals surface area (Å²) < 4.78 is 1.54. The molecule has 2 N–H and O–H groups in total. The maximum Gasteiger partial charge on any atom is 0.244 e. The Morgan fingerprint density at radius 3 is 2.43 bits per heavy atom. The first-order valence-electron chi connectivity index (χ1n) is 6.95. The molecule has 1 aromatic rings. The van der Waals surface area contributed by atoms with Crippen molar-refractivity contribution in [1.29, 1.82) is 0 Å². The highest BCUT2D eigenvalue weighted by Crippen LogP contribution is 2.04. The smallest absolute Gasteiger partial charge is 0.244 e. The normalized spacial score (nSPS) is 16.0. The average molecular weight is 294 g/mol. The zero-order valence-corrected chi connectivity index (χ0v) is 12.5. The summed E-state index contributed by atoms with van der Waals surface area (Å²) >= 11 is 0. The molecule has 0 aromatic carbocycles. The molecule has 0 unspecified atom stereocenters. The summed E-state index contributed by atoms with van der Waals surface area (Å²) in [7, 11) is 3.50. The van der Waals surface area contributed by atoms with E-state index in [9.17, 15) is 9.59 Å². The molecule has 1 aromatic heterocycles. The molecule has 116 valence electrons. The van der Waals surface area contributed by atoms with Gasteiger partial charge in [0.05, 0.1) is 6.54 Å². The van der Waals surface area contributed by atoms with Gasteiger partial charge in [-0.2, -0.15) is 5.10 Å². The summed E-state index contributed by atoms with van der Waals surface area (Å²) in [5.74, 6) is 0.522. The summed E-state index contributed by atoms with van der Waals surface area (Å²) in [6.45, 7) is 3.31. The first-order valence-corrected chi connectivity index (χ1v) is 6.95. The zero-order chi connectivity index (χ0) is 15.4. The highest BCUT2D eigenvalue weighted by Gasteiger charge is 2.23. The van der Waals surface area contributed by atoms with Crippen LogP contribution in [0.1, 0.15) is 0 Å². The van der Waals surface area contributed by atoms with Crippen LogP contribution in [-0.2, 0) is 16.1 Å². The first kappa shape index (κ1) is 15.3. The molecule has 0 atom stereocenters. The number of nitrogens with two attached hydrogens (primary N) is 1. The van der Waals surface area contributed by atoms with Gasteiger partial charge >= 0.3 is 0 Å². The molecule has 1 saturated heterocycles. The Morgan fingerprint density at radius 1 is 1.24 bits per heavy atom. The van der Waals surface area contributed by atoms with E-state index in [4.69, 9.17) is 5.73 Å². The maximum atomic E-state index is 12.1. The SMILES string of the molecule is CN(C)C(=O)CN1CCN(C(=O)Cn2ccc(N)n2)CC1. The molecule has 0 radical (unpaired) electrons. The predicted octanol–water partition coefficient (Wildman–Crippen LogP) is -1.30. The Kier molecular flexibility index (Phi) is 4.79. The van der Waals surface area contributed by atoms with E-state index in [0.717, 1.165) is 0 Å². The Morgan fingerprint density at radius 2 is 1.90 bits per heavy atom. The number of carbonyl (C=O) groups excluding carboxylic acids is 2. The molecule has 1 aliphatic heterocycles. The van der Waals surface area contributed by atoms with E-state index in [0.29, 0.717) is 38.5 Å². The van der Waals surface area contributed by atoms with Crippen LogP contribution in [0.15, 0.2) is 12.3 Å². The first-order chi connectivity index (χ1) is 9.95. The van der Waals surface area contributed by atoms with Crippen molar-refractivity contribution < 1.29 is 9.59 Å². The monoisotopic (exact) mass is 294 g/mol. The number of likely N-dealkylation sites (N-methyl/N-ethyl adjacent to an activating group) is 1. The second kappa shape index (κ2) is 6.57. The van der Waals surface area contributed by atoms with Gasteiger partial charge < -0.3 is 15.5 Å². The van der Waals surface area contributed by atoms with Gasteiger partial charge in [-0.3, -0.25) is 19.2 Å². The van der Waals surface area contributed by atoms with E-state index in [1.165, 1.54) is 0 Å². The van der Waals surface area contributed by atoms with Crippen LogP contribution in [0.25, 0.3) is 0 Å². The fraction of sp³-hybridized carbons (Fsp3) is 0.615. The molecule has 2 amide bonds. The zero-order valence-electron chi connectivity index (χ0n) is 12.5. The van der Waals surface area contributed by atoms with E-state index in [1.807, 2.05) is 0 Å². The van der Waals surface area contributed by atoms with Crippen LogP contribution in [-0.4, -0.2) is 83.1 Å². The molecule has 0 spiro atoms. The van der Waals surface area contributed by atoms with Crippen molar-refractivity contribution in [3.63, 3.8) is 0 Å². The van der Waals surface area contributed by atoms with E-state index in [1.54, 1.807) is 40.8 Å². The molecule has 1 fully saturated rings. The van der Waals surface area contributed by atoms with Gasteiger partial charge in [-0.1, -0.05) is 0 Å². The highest BCUT2D eigenvalue weighted by molar-refractivity contribution is 5.78. The van der Waals surface area contributed by atoms with E-state index < -0.39 is 0 Å². The van der Waals surface area contributed by atoms with Crippen molar-refractivity contribution in [2.75, 3.05) is 52.6 Å². The van der Waals surface area contributed by atoms with Gasteiger partial charge in [0.25, 0.3) is 0 Å². The topological polar surface area (TPSA) is 87.7 Å². The van der Waals surface area contributed by atoms with Crippen LogP contribution in [0.2, 0.25) is 0 Å². The van der Waals surface area contributed by atoms with Crippen LogP contribution < -0.4 is 5.73 Å². The lowest BCUT2D eigenvalue weighted by molar-refractivity contribution is -0.134. The Bertz CT molecular complexity index is 505. The van der Waals surface area contributed by atoms with E-state index in [2.05, 4.69) is 10.00 Å². The molecule has 21 heavy (non-hydrogen) atoms. The van der Waals surface area contributed by atoms with Crippen LogP contribution in [0.4, 0.5) is 5.82 Å². The van der Waals surface area contributed by atoms with Crippen molar-refractivity contribution in [3.05, 3.63) is 12.3 Å². The third-order valence-electron chi connectivity index (χ3n) is 3.54. The molecule has 8 heteroatoms. The number of rotatable bonds is 4. The van der Waals surface area contributed by atoms with Gasteiger partial charge in [0.2, 0.25) is 11.8 Å². The quantitative estimate of drug-likeness (QED) is 0.745. The van der Waals surface area contributed by atoms with Gasteiger partial charge in [0.1, 0.15) is 12.4 Å². The number of nitrogens with zero attached hydrogens (tertiary/aromatic N) is 5. The molecule has 0 aliphatic carbocycles. The van der Waals surface area contributed by atoms with Gasteiger partial charge in [-0.15, -0.1) is 0 Å². The second-order valence-corrected chi connectivity index (χ2v) is 5.38. The summed E-state index contributed by atoms with van der Waals surface area (Å²) in [4.78, 5) is 29.2. The Hall–Kier alpha value is -2.09. The molecular formula is C13H22N6O2. The van der Waals surface area contributed by atoms with Gasteiger partial charge in [-0.25, -0.2) is 0 Å². The minimum atomic E-state index is 0.0247. The maximum absolute atomic E-state index is 12.1. The van der Waals surface area contributed by atoms with E-state index in [-0.39, 0.29) is 18.4 Å². The molecule has 0 bridgehead atoms. The van der Waals surface area contributed by atoms with Crippen molar-refractivity contribution in [3.8, 4) is 0 Å². The van der Waals surface area contributed by atoms with Gasteiger partial charge in [-0.05, 0) is 6.07 Å². The molecule has 2 rings (SSSR count). The van der Waals surface area contributed by atoms with Gasteiger partial charge in [0, 0.05) is 46.5 Å². The molecule has 1 aliphatic rings. The molecule has 8 nitrogen and oxygen atoms in total. The van der Waals surface area contributed by atoms with Crippen molar-refractivity contribution in [2.24, 2.45) is 0 Å². The number of hydrogen-bond acceptors (Lipinski definition) is 5. The summed E-state index contributed by atoms with van der Waals surface area (Å²) in [5.41, 5.74) is 5.52. The van der Waals surface area contributed by atoms with Gasteiger partial charge in [0.15, 0.2) is 0 Å². The molecule has 2 heterocycles.